The van der Waals surface area contributed by atoms with Crippen LogP contribution >= 0.6 is 11.6 Å². The minimum absolute atomic E-state index is 0.0505. The summed E-state index contributed by atoms with van der Waals surface area (Å²) in [4.78, 5) is 38.6. The number of halogens is 2. The molecule has 0 spiro atoms. The van der Waals surface area contributed by atoms with Gasteiger partial charge in [-0.05, 0) is 72.8 Å². The van der Waals surface area contributed by atoms with Crippen LogP contribution in [0.2, 0.25) is 5.02 Å². The summed E-state index contributed by atoms with van der Waals surface area (Å²) in [6, 6.07) is 25.9. The van der Waals surface area contributed by atoms with Crippen LogP contribution in [-0.2, 0) is 4.79 Å². The van der Waals surface area contributed by atoms with Gasteiger partial charge in [-0.15, -0.1) is 0 Å². The normalized spacial score (nSPS) is 11.2. The highest BCUT2D eigenvalue weighted by molar-refractivity contribution is 6.32. The molecule has 0 aliphatic heterocycles. The van der Waals surface area contributed by atoms with Gasteiger partial charge in [0.1, 0.15) is 17.3 Å². The molecule has 4 rings (SSSR count). The van der Waals surface area contributed by atoms with Crippen molar-refractivity contribution in [3.05, 3.63) is 142 Å². The minimum atomic E-state index is -0.709. The number of ether oxygens (including phenoxy) is 1. The Hall–Kier alpha value is -5.01. The Morgan fingerprint density at radius 2 is 1.52 bits per heavy atom. The monoisotopic (exact) mass is 554 g/mol. The Balaban J connectivity index is 1.53. The van der Waals surface area contributed by atoms with E-state index >= 15 is 0 Å². The van der Waals surface area contributed by atoms with Crippen molar-refractivity contribution >= 4 is 47.0 Å². The number of amides is 2. The van der Waals surface area contributed by atoms with Gasteiger partial charge in [0.2, 0.25) is 0 Å². The third-order valence-corrected chi connectivity index (χ3v) is 6.13. The number of ketones is 1. The number of para-hydroxylation sites is 1. The molecule has 8 heteroatoms. The summed E-state index contributed by atoms with van der Waals surface area (Å²) in [5.41, 5.74) is 1.55. The molecule has 0 saturated heterocycles. The van der Waals surface area contributed by atoms with E-state index in [1.165, 1.54) is 30.4 Å². The predicted octanol–water partition coefficient (Wildman–Crippen LogP) is 6.79. The number of methoxy groups -OCH3 is 1. The molecule has 40 heavy (non-hydrogen) atoms. The maximum absolute atomic E-state index is 14.5. The summed E-state index contributed by atoms with van der Waals surface area (Å²) in [5, 5.41) is 5.28. The largest absolute Gasteiger partial charge is 0.496 e. The van der Waals surface area contributed by atoms with Crippen molar-refractivity contribution < 1.29 is 23.5 Å². The van der Waals surface area contributed by atoms with Gasteiger partial charge in [-0.1, -0.05) is 54.1 Å². The Morgan fingerprint density at radius 1 is 0.825 bits per heavy atom. The fourth-order valence-electron chi connectivity index (χ4n) is 3.72. The first kappa shape index (κ1) is 28.0. The number of benzene rings is 4. The lowest BCUT2D eigenvalue weighted by molar-refractivity contribution is -0.113. The highest BCUT2D eigenvalue weighted by Crippen LogP contribution is 2.23. The number of allylic oxidation sites excluding steroid dienone is 1. The Kier molecular flexibility index (Phi) is 9.23. The molecule has 0 aliphatic carbocycles. The molecule has 200 valence electrons. The fraction of sp³-hybridized carbons (Fsp3) is 0.0312. The Bertz CT molecular complexity index is 1580. The average molecular weight is 555 g/mol. The lowest BCUT2D eigenvalue weighted by atomic mass is 10.1. The number of carbonyl (C=O) groups excluding carboxylic acids is 3. The smallest absolute Gasteiger partial charge is 0.272 e. The fourth-order valence-corrected chi connectivity index (χ4v) is 3.93. The number of anilines is 1. The van der Waals surface area contributed by atoms with Crippen molar-refractivity contribution in [3.63, 3.8) is 0 Å². The van der Waals surface area contributed by atoms with Crippen molar-refractivity contribution in [2.45, 2.75) is 0 Å². The second-order valence-corrected chi connectivity index (χ2v) is 8.89. The molecule has 0 aliphatic rings. The first-order valence-electron chi connectivity index (χ1n) is 12.1. The van der Waals surface area contributed by atoms with Gasteiger partial charge in [0.05, 0.1) is 12.1 Å². The van der Waals surface area contributed by atoms with E-state index in [1.54, 1.807) is 73.8 Å². The molecule has 0 radical (unpaired) electrons. The first-order chi connectivity index (χ1) is 19.4. The molecule has 0 aromatic heterocycles. The molecule has 2 N–H and O–H groups in total. The molecule has 2 amide bonds. The zero-order valence-electron chi connectivity index (χ0n) is 21.4. The molecule has 4 aromatic rings. The molecular weight excluding hydrogens is 531 g/mol. The summed E-state index contributed by atoms with van der Waals surface area (Å²) in [6.07, 6.45) is 4.27. The predicted molar refractivity (Wildman–Crippen MR) is 155 cm³/mol. The summed E-state index contributed by atoms with van der Waals surface area (Å²) < 4.78 is 19.8. The number of hydrogen-bond donors (Lipinski definition) is 2. The Labute approximate surface area is 235 Å². The van der Waals surface area contributed by atoms with E-state index in [4.69, 9.17) is 16.3 Å². The third-order valence-electron chi connectivity index (χ3n) is 5.80. The lowest BCUT2D eigenvalue weighted by Crippen LogP contribution is -2.30. The molecular formula is C32H24ClFN2O4. The summed E-state index contributed by atoms with van der Waals surface area (Å²) >= 11 is 6.15. The molecule has 0 atom stereocenters. The number of rotatable bonds is 9. The highest BCUT2D eigenvalue weighted by atomic mass is 35.5. The third kappa shape index (κ3) is 7.09. The van der Waals surface area contributed by atoms with Crippen molar-refractivity contribution in [3.8, 4) is 5.75 Å². The zero-order valence-corrected chi connectivity index (χ0v) is 22.1. The van der Waals surface area contributed by atoms with Crippen LogP contribution < -0.4 is 15.4 Å². The van der Waals surface area contributed by atoms with Crippen LogP contribution in [0.15, 0.2) is 109 Å². The van der Waals surface area contributed by atoms with E-state index in [2.05, 4.69) is 10.6 Å². The van der Waals surface area contributed by atoms with Crippen LogP contribution in [0.4, 0.5) is 10.1 Å². The summed E-state index contributed by atoms with van der Waals surface area (Å²) in [7, 11) is 1.56. The van der Waals surface area contributed by atoms with Crippen LogP contribution in [0.25, 0.3) is 12.2 Å². The van der Waals surface area contributed by atoms with Gasteiger partial charge in [-0.25, -0.2) is 4.39 Å². The standard InChI is InChI=1S/C32H24ClFN2O4/c1-40-30-13-6-5-8-22(30)16-19-29(37)21-14-17-24(18-15-21)35-32(39)28(20-25-26(33)11-7-12-27(25)34)36-31(38)23-9-3-2-4-10-23/h2-20H,1H3,(H,35,39)(H,36,38)/b19-16+,28-20-. The lowest BCUT2D eigenvalue weighted by Gasteiger charge is -2.12. The van der Waals surface area contributed by atoms with Crippen molar-refractivity contribution in [2.75, 3.05) is 12.4 Å². The van der Waals surface area contributed by atoms with Gasteiger partial charge in [-0.2, -0.15) is 0 Å². The number of nitrogens with one attached hydrogen (secondary N) is 2. The van der Waals surface area contributed by atoms with Gasteiger partial charge in [0, 0.05) is 27.9 Å². The van der Waals surface area contributed by atoms with Gasteiger partial charge < -0.3 is 15.4 Å². The molecule has 0 saturated carbocycles. The van der Waals surface area contributed by atoms with Crippen LogP contribution in [0, 0.1) is 5.82 Å². The van der Waals surface area contributed by atoms with E-state index in [9.17, 15) is 18.8 Å². The SMILES string of the molecule is COc1ccccc1/C=C/C(=O)c1ccc(NC(=O)/C(=C/c2c(F)cccc2Cl)NC(=O)c2ccccc2)cc1. The van der Waals surface area contributed by atoms with Crippen LogP contribution in [0.1, 0.15) is 31.8 Å². The van der Waals surface area contributed by atoms with Crippen LogP contribution in [-0.4, -0.2) is 24.7 Å². The van der Waals surface area contributed by atoms with Crippen molar-refractivity contribution in [2.24, 2.45) is 0 Å². The van der Waals surface area contributed by atoms with Crippen LogP contribution in [0.3, 0.4) is 0 Å². The number of hydrogen-bond acceptors (Lipinski definition) is 4. The van der Waals surface area contributed by atoms with E-state index in [1.807, 2.05) is 18.2 Å². The molecule has 0 fully saturated rings. The summed E-state index contributed by atoms with van der Waals surface area (Å²) in [5.74, 6) is -1.52. The van der Waals surface area contributed by atoms with Crippen molar-refractivity contribution in [1.29, 1.82) is 0 Å². The van der Waals surface area contributed by atoms with Crippen molar-refractivity contribution in [1.82, 2.24) is 5.32 Å². The van der Waals surface area contributed by atoms with E-state index in [-0.39, 0.29) is 22.1 Å². The van der Waals surface area contributed by atoms with Gasteiger partial charge in [0.15, 0.2) is 5.78 Å². The molecule has 0 unspecified atom stereocenters. The van der Waals surface area contributed by atoms with Gasteiger partial charge >= 0.3 is 0 Å². The quantitative estimate of drug-likeness (QED) is 0.176. The second-order valence-electron chi connectivity index (χ2n) is 8.48. The van der Waals surface area contributed by atoms with E-state index in [0.29, 0.717) is 22.6 Å². The number of carbonyl (C=O) groups is 3. The molecule has 0 bridgehead atoms. The average Bonchev–Trinajstić information content (AvgIpc) is 2.98. The Morgan fingerprint density at radius 3 is 2.23 bits per heavy atom. The zero-order chi connectivity index (χ0) is 28.5. The molecule has 0 heterocycles. The minimum Gasteiger partial charge on any atom is -0.496 e. The second kappa shape index (κ2) is 13.2. The van der Waals surface area contributed by atoms with Gasteiger partial charge in [0.25, 0.3) is 11.8 Å². The van der Waals surface area contributed by atoms with Crippen LogP contribution in [0.5, 0.6) is 5.75 Å². The van der Waals surface area contributed by atoms with Gasteiger partial charge in [-0.3, -0.25) is 14.4 Å². The van der Waals surface area contributed by atoms with E-state index in [0.717, 1.165) is 5.56 Å². The maximum Gasteiger partial charge on any atom is 0.272 e. The van der Waals surface area contributed by atoms with E-state index < -0.39 is 17.6 Å². The molecule has 4 aromatic carbocycles. The summed E-state index contributed by atoms with van der Waals surface area (Å²) in [6.45, 7) is 0. The highest BCUT2D eigenvalue weighted by Gasteiger charge is 2.17. The first-order valence-corrected chi connectivity index (χ1v) is 12.5. The maximum atomic E-state index is 14.5. The topological polar surface area (TPSA) is 84.5 Å². The molecule has 6 nitrogen and oxygen atoms in total.